The molecule has 3 nitrogen and oxygen atoms in total. The molecule has 0 bridgehead atoms. The molecule has 0 aromatic rings. The SMILES string of the molecule is CC(C)[Si](C#CC(C#N)=C(C#N)C#N)(C(C)C)C(C)C. The van der Waals surface area contributed by atoms with Gasteiger partial charge in [0.15, 0.2) is 5.57 Å². The Balaban J connectivity index is 6.09. The van der Waals surface area contributed by atoms with Gasteiger partial charge in [0.1, 0.15) is 31.9 Å². The third-order valence-corrected chi connectivity index (χ3v) is 10.1. The van der Waals surface area contributed by atoms with E-state index >= 15 is 0 Å². The van der Waals surface area contributed by atoms with Crippen molar-refractivity contribution < 1.29 is 0 Å². The molecular weight excluding hydrogens is 262 g/mol. The third-order valence-electron chi connectivity index (χ3n) is 3.86. The quantitative estimate of drug-likeness (QED) is 0.445. The molecule has 0 aliphatic heterocycles. The molecule has 0 heterocycles. The van der Waals surface area contributed by atoms with Crippen LogP contribution in [0, 0.1) is 45.5 Å². The highest BCUT2D eigenvalue weighted by atomic mass is 28.3. The fraction of sp³-hybridized carbons (Fsp3) is 0.562. The molecule has 0 saturated carbocycles. The van der Waals surface area contributed by atoms with Gasteiger partial charge < -0.3 is 0 Å². The van der Waals surface area contributed by atoms with Gasteiger partial charge in [-0.25, -0.2) is 0 Å². The summed E-state index contributed by atoms with van der Waals surface area (Å²) in [6.45, 7) is 13.0. The van der Waals surface area contributed by atoms with E-state index in [0.717, 1.165) is 0 Å². The van der Waals surface area contributed by atoms with E-state index in [-0.39, 0.29) is 11.1 Å². The van der Waals surface area contributed by atoms with Crippen LogP contribution in [0.25, 0.3) is 0 Å². The molecule has 0 spiro atoms. The zero-order valence-corrected chi connectivity index (χ0v) is 14.1. The predicted molar refractivity (Wildman–Crippen MR) is 82.7 cm³/mol. The minimum Gasteiger partial charge on any atom is -0.192 e. The molecular formula is C16H21N3Si. The molecule has 0 amide bonds. The summed E-state index contributed by atoms with van der Waals surface area (Å²) < 4.78 is 0. The van der Waals surface area contributed by atoms with Crippen LogP contribution < -0.4 is 0 Å². The molecule has 0 aliphatic carbocycles. The molecule has 0 rings (SSSR count). The number of hydrogen-bond acceptors (Lipinski definition) is 3. The van der Waals surface area contributed by atoms with Gasteiger partial charge in [0.25, 0.3) is 0 Å². The zero-order chi connectivity index (χ0) is 15.9. The molecule has 0 saturated heterocycles. The lowest BCUT2D eigenvalue weighted by Gasteiger charge is -2.38. The van der Waals surface area contributed by atoms with E-state index in [1.54, 1.807) is 12.1 Å². The monoisotopic (exact) mass is 283 g/mol. The Morgan fingerprint density at radius 1 is 0.700 bits per heavy atom. The highest BCUT2D eigenvalue weighted by molar-refractivity contribution is 6.90. The average Bonchev–Trinajstić information content (AvgIpc) is 2.37. The van der Waals surface area contributed by atoms with Crippen molar-refractivity contribution in [1.82, 2.24) is 0 Å². The average molecular weight is 283 g/mol. The van der Waals surface area contributed by atoms with Crippen molar-refractivity contribution in [3.05, 3.63) is 11.1 Å². The first-order valence-corrected chi connectivity index (χ1v) is 8.98. The molecule has 0 radical (unpaired) electrons. The molecule has 4 heteroatoms. The maximum Gasteiger partial charge on any atom is 0.155 e. The van der Waals surface area contributed by atoms with Crippen LogP contribution in [0.3, 0.4) is 0 Å². The van der Waals surface area contributed by atoms with E-state index in [4.69, 9.17) is 15.8 Å². The van der Waals surface area contributed by atoms with E-state index in [2.05, 4.69) is 53.0 Å². The largest absolute Gasteiger partial charge is 0.192 e. The Morgan fingerprint density at radius 2 is 1.05 bits per heavy atom. The number of rotatable bonds is 3. The van der Waals surface area contributed by atoms with Gasteiger partial charge in [0.05, 0.1) is 0 Å². The summed E-state index contributed by atoms with van der Waals surface area (Å²) in [5.74, 6) is 2.84. The molecule has 0 aromatic heterocycles. The number of nitrogens with zero attached hydrogens (tertiary/aromatic N) is 3. The molecule has 0 N–H and O–H groups in total. The van der Waals surface area contributed by atoms with Crippen LogP contribution in [0.2, 0.25) is 16.6 Å². The standard InChI is InChI=1S/C16H21N3Si/c1-12(2)20(13(3)4,14(5)6)8-7-15(9-17)16(10-18)11-19/h12-14H,1-6H3. The zero-order valence-electron chi connectivity index (χ0n) is 13.1. The predicted octanol–water partition coefficient (Wildman–Crippen LogP) is 4.08. The van der Waals surface area contributed by atoms with Crippen LogP contribution in [-0.4, -0.2) is 8.07 Å². The Kier molecular flexibility index (Phi) is 6.79. The number of allylic oxidation sites excluding steroid dienone is 2. The van der Waals surface area contributed by atoms with Crippen molar-refractivity contribution in [1.29, 1.82) is 15.8 Å². The molecule has 104 valence electrons. The molecule has 0 unspecified atom stereocenters. The first kappa shape index (κ1) is 18.0. The molecule has 0 fully saturated rings. The van der Waals surface area contributed by atoms with Gasteiger partial charge in [-0.1, -0.05) is 47.5 Å². The Labute approximate surface area is 123 Å². The smallest absolute Gasteiger partial charge is 0.155 e. The first-order chi connectivity index (χ1) is 9.27. The van der Waals surface area contributed by atoms with Crippen LogP contribution >= 0.6 is 0 Å². The number of hydrogen-bond donors (Lipinski definition) is 0. The molecule has 0 aromatic carbocycles. The van der Waals surface area contributed by atoms with Crippen molar-refractivity contribution >= 4 is 8.07 Å². The Hall–Kier alpha value is -2.01. The van der Waals surface area contributed by atoms with Crippen LogP contribution in [0.1, 0.15) is 41.5 Å². The van der Waals surface area contributed by atoms with Crippen molar-refractivity contribution in [3.8, 4) is 29.7 Å². The minimum atomic E-state index is -1.94. The Morgan fingerprint density at radius 3 is 1.30 bits per heavy atom. The summed E-state index contributed by atoms with van der Waals surface area (Å²) in [5, 5.41) is 26.8. The summed E-state index contributed by atoms with van der Waals surface area (Å²) in [6.07, 6.45) is 0. The van der Waals surface area contributed by atoms with Gasteiger partial charge >= 0.3 is 0 Å². The van der Waals surface area contributed by atoms with Crippen LogP contribution in [0.4, 0.5) is 0 Å². The van der Waals surface area contributed by atoms with Gasteiger partial charge in [-0.2, -0.15) is 15.8 Å². The minimum absolute atomic E-state index is 0.00572. The first-order valence-electron chi connectivity index (χ1n) is 6.75. The second kappa shape index (κ2) is 7.55. The fourth-order valence-electron chi connectivity index (χ4n) is 2.89. The maximum absolute atomic E-state index is 9.07. The van der Waals surface area contributed by atoms with E-state index < -0.39 is 8.07 Å². The van der Waals surface area contributed by atoms with E-state index in [1.165, 1.54) is 0 Å². The van der Waals surface area contributed by atoms with Crippen molar-refractivity contribution in [2.45, 2.75) is 58.2 Å². The highest BCUT2D eigenvalue weighted by Gasteiger charge is 2.41. The summed E-state index contributed by atoms with van der Waals surface area (Å²) in [4.78, 5) is 0. The maximum atomic E-state index is 9.07. The second-order valence-corrected chi connectivity index (χ2v) is 11.3. The van der Waals surface area contributed by atoms with Gasteiger partial charge in [-0.3, -0.25) is 0 Å². The van der Waals surface area contributed by atoms with Crippen molar-refractivity contribution in [2.75, 3.05) is 0 Å². The van der Waals surface area contributed by atoms with Gasteiger partial charge in [-0.05, 0) is 16.6 Å². The molecule has 0 aliphatic rings. The third kappa shape index (κ3) is 3.51. The van der Waals surface area contributed by atoms with Crippen LogP contribution in [0.5, 0.6) is 0 Å². The lowest BCUT2D eigenvalue weighted by molar-refractivity contribution is 0.838. The van der Waals surface area contributed by atoms with Gasteiger partial charge in [0, 0.05) is 0 Å². The van der Waals surface area contributed by atoms with Gasteiger partial charge in [-0.15, -0.1) is 5.54 Å². The van der Waals surface area contributed by atoms with Crippen molar-refractivity contribution in [2.24, 2.45) is 0 Å². The van der Waals surface area contributed by atoms with E-state index in [1.807, 2.05) is 6.07 Å². The molecule has 0 atom stereocenters. The highest BCUT2D eigenvalue weighted by Crippen LogP contribution is 2.40. The summed E-state index contributed by atoms with van der Waals surface area (Å²) in [7, 11) is -1.94. The topological polar surface area (TPSA) is 71.4 Å². The lowest BCUT2D eigenvalue weighted by atomic mass is 10.2. The van der Waals surface area contributed by atoms with Crippen LogP contribution in [0.15, 0.2) is 11.1 Å². The van der Waals surface area contributed by atoms with Gasteiger partial charge in [0.2, 0.25) is 0 Å². The second-order valence-electron chi connectivity index (χ2n) is 5.73. The van der Waals surface area contributed by atoms with Crippen molar-refractivity contribution in [3.63, 3.8) is 0 Å². The van der Waals surface area contributed by atoms with Crippen LogP contribution in [-0.2, 0) is 0 Å². The molecule has 20 heavy (non-hydrogen) atoms. The number of nitriles is 3. The fourth-order valence-corrected chi connectivity index (χ4v) is 8.09. The van der Waals surface area contributed by atoms with E-state index in [0.29, 0.717) is 16.6 Å². The van der Waals surface area contributed by atoms with E-state index in [9.17, 15) is 0 Å². The summed E-state index contributed by atoms with van der Waals surface area (Å²) in [5.41, 5.74) is 4.48. The Bertz CT molecular complexity index is 528. The lowest BCUT2D eigenvalue weighted by Crippen LogP contribution is -2.43. The summed E-state index contributed by atoms with van der Waals surface area (Å²) in [6, 6.07) is 5.35. The normalized spacial score (nSPS) is 10.3. The summed E-state index contributed by atoms with van der Waals surface area (Å²) >= 11 is 0.